The summed E-state index contributed by atoms with van der Waals surface area (Å²) in [7, 11) is -2.81. The lowest BCUT2D eigenvalue weighted by Crippen LogP contribution is -2.53. The third-order valence-electron chi connectivity index (χ3n) is 7.15. The monoisotopic (exact) mass is 617 g/mol. The number of halogens is 1. The molecule has 0 fully saturated rings. The first-order valence-corrected chi connectivity index (χ1v) is 15.7. The van der Waals surface area contributed by atoms with Crippen molar-refractivity contribution in [1.29, 1.82) is 0 Å². The molecule has 2 amide bonds. The van der Waals surface area contributed by atoms with Crippen molar-refractivity contribution >= 4 is 27.5 Å². The predicted octanol–water partition coefficient (Wildman–Crippen LogP) is 5.11. The zero-order valence-electron chi connectivity index (χ0n) is 24.9. The van der Waals surface area contributed by atoms with Crippen molar-refractivity contribution in [3.05, 3.63) is 126 Å². The van der Waals surface area contributed by atoms with Crippen LogP contribution in [0.3, 0.4) is 0 Å². The summed E-state index contributed by atoms with van der Waals surface area (Å²) in [6, 6.07) is 26.8. The van der Waals surface area contributed by atoms with Gasteiger partial charge < -0.3 is 15.0 Å². The van der Waals surface area contributed by atoms with Crippen molar-refractivity contribution in [2.75, 3.05) is 24.5 Å². The zero-order chi connectivity index (χ0) is 31.7. The highest BCUT2D eigenvalue weighted by Gasteiger charge is 2.35. The third-order valence-corrected chi connectivity index (χ3v) is 8.94. The van der Waals surface area contributed by atoms with Gasteiger partial charge in [0.2, 0.25) is 11.8 Å². The number of aryl methyl sites for hydroxylation is 1. The van der Waals surface area contributed by atoms with Crippen LogP contribution >= 0.6 is 0 Å². The van der Waals surface area contributed by atoms with E-state index in [1.807, 2.05) is 37.3 Å². The maximum atomic E-state index is 14.9. The molecule has 0 bridgehead atoms. The maximum Gasteiger partial charge on any atom is 0.264 e. The van der Waals surface area contributed by atoms with Gasteiger partial charge in [-0.3, -0.25) is 13.9 Å². The molecule has 0 aliphatic rings. The number of anilines is 1. The van der Waals surface area contributed by atoms with Crippen LogP contribution in [0.1, 0.15) is 23.6 Å². The molecule has 1 N–H and O–H groups in total. The Kier molecular flexibility index (Phi) is 10.7. The molecule has 0 unspecified atom stereocenters. The molecule has 8 nitrogen and oxygen atoms in total. The van der Waals surface area contributed by atoms with E-state index in [4.69, 9.17) is 4.74 Å². The van der Waals surface area contributed by atoms with Gasteiger partial charge in [-0.25, -0.2) is 12.8 Å². The Morgan fingerprint density at radius 1 is 0.909 bits per heavy atom. The van der Waals surface area contributed by atoms with Crippen LogP contribution in [0.2, 0.25) is 0 Å². The largest absolute Gasteiger partial charge is 0.497 e. The average molecular weight is 618 g/mol. The minimum Gasteiger partial charge on any atom is -0.497 e. The number of ether oxygens (including phenoxy) is 1. The fourth-order valence-corrected chi connectivity index (χ4v) is 6.19. The lowest BCUT2D eigenvalue weighted by atomic mass is 10.0. The van der Waals surface area contributed by atoms with Gasteiger partial charge in [0, 0.05) is 31.1 Å². The minimum atomic E-state index is -4.26. The molecule has 230 valence electrons. The van der Waals surface area contributed by atoms with E-state index in [0.29, 0.717) is 12.3 Å². The first-order valence-electron chi connectivity index (χ1n) is 14.2. The smallest absolute Gasteiger partial charge is 0.264 e. The molecular weight excluding hydrogens is 581 g/mol. The van der Waals surface area contributed by atoms with Crippen molar-refractivity contribution < 1.29 is 27.1 Å². The molecule has 1 atom stereocenters. The Morgan fingerprint density at radius 2 is 1.59 bits per heavy atom. The zero-order valence-corrected chi connectivity index (χ0v) is 25.8. The molecule has 4 aromatic rings. The number of sulfonamides is 1. The second kappa shape index (κ2) is 14.7. The predicted molar refractivity (Wildman–Crippen MR) is 168 cm³/mol. The molecule has 0 aromatic heterocycles. The number of rotatable bonds is 13. The molecule has 0 aliphatic carbocycles. The van der Waals surface area contributed by atoms with Crippen LogP contribution in [0, 0.1) is 12.7 Å². The number of carbonyl (C=O) groups excluding carboxylic acids is 2. The van der Waals surface area contributed by atoms with Gasteiger partial charge in [-0.15, -0.1) is 0 Å². The summed E-state index contributed by atoms with van der Waals surface area (Å²) in [4.78, 5) is 29.1. The Bertz CT molecular complexity index is 1680. The van der Waals surface area contributed by atoms with E-state index in [2.05, 4.69) is 5.32 Å². The van der Waals surface area contributed by atoms with Gasteiger partial charge in [-0.05, 0) is 49.7 Å². The highest BCUT2D eigenvalue weighted by atomic mass is 32.2. The lowest BCUT2D eigenvalue weighted by Gasteiger charge is -2.34. The Balaban J connectivity index is 1.82. The first kappa shape index (κ1) is 32.2. The van der Waals surface area contributed by atoms with E-state index in [0.717, 1.165) is 15.4 Å². The van der Waals surface area contributed by atoms with Crippen molar-refractivity contribution in [3.8, 4) is 5.75 Å². The maximum absolute atomic E-state index is 14.9. The Hall–Kier alpha value is -4.70. The highest BCUT2D eigenvalue weighted by molar-refractivity contribution is 7.92. The summed E-state index contributed by atoms with van der Waals surface area (Å²) in [6.45, 7) is 3.01. The quantitative estimate of drug-likeness (QED) is 0.225. The normalized spacial score (nSPS) is 11.8. The summed E-state index contributed by atoms with van der Waals surface area (Å²) >= 11 is 0. The summed E-state index contributed by atoms with van der Waals surface area (Å²) in [5.41, 5.74) is 2.04. The van der Waals surface area contributed by atoms with Crippen molar-refractivity contribution in [1.82, 2.24) is 10.2 Å². The van der Waals surface area contributed by atoms with Crippen molar-refractivity contribution in [2.45, 2.75) is 37.8 Å². The number of nitrogens with one attached hydrogen (secondary N) is 1. The van der Waals surface area contributed by atoms with Crippen LogP contribution in [0.4, 0.5) is 10.1 Å². The lowest BCUT2D eigenvalue weighted by molar-refractivity contribution is -0.140. The minimum absolute atomic E-state index is 0.0102. The second-order valence-electron chi connectivity index (χ2n) is 10.2. The average Bonchev–Trinajstić information content (AvgIpc) is 3.03. The van der Waals surface area contributed by atoms with Crippen LogP contribution in [0.5, 0.6) is 5.75 Å². The summed E-state index contributed by atoms with van der Waals surface area (Å²) in [5, 5.41) is 2.79. The third kappa shape index (κ3) is 7.82. The topological polar surface area (TPSA) is 96.0 Å². The van der Waals surface area contributed by atoms with Crippen LogP contribution in [0.15, 0.2) is 108 Å². The van der Waals surface area contributed by atoms with Gasteiger partial charge in [0.1, 0.15) is 24.2 Å². The molecule has 0 saturated heterocycles. The molecule has 0 radical (unpaired) electrons. The molecule has 0 aliphatic heterocycles. The summed E-state index contributed by atoms with van der Waals surface area (Å²) in [5.74, 6) is -1.27. The van der Waals surface area contributed by atoms with Gasteiger partial charge in [0.25, 0.3) is 10.0 Å². The van der Waals surface area contributed by atoms with Gasteiger partial charge >= 0.3 is 0 Å². The molecule has 0 saturated carbocycles. The van der Waals surface area contributed by atoms with E-state index in [1.165, 1.54) is 48.4 Å². The Labute approximate surface area is 258 Å². The molecule has 0 heterocycles. The summed E-state index contributed by atoms with van der Waals surface area (Å²) in [6.07, 6.45) is 0.136. The number of carbonyl (C=O) groups is 2. The van der Waals surface area contributed by atoms with Gasteiger partial charge in [-0.2, -0.15) is 0 Å². The standard InChI is InChI=1S/C34H36FN3O5S/c1-4-36-34(40)32(21-26-11-6-5-7-12-26)37(23-27-13-8-9-16-31(27)35)33(39)24-38(28-14-10-15-29(22-28)43-3)44(41,42)30-19-17-25(2)18-20-30/h5-20,22,32H,4,21,23-24H2,1-3H3,(H,36,40)/t32-/m1/s1. The van der Waals surface area contributed by atoms with Gasteiger partial charge in [0.15, 0.2) is 0 Å². The second-order valence-corrected chi connectivity index (χ2v) is 12.1. The van der Waals surface area contributed by atoms with Crippen LogP contribution < -0.4 is 14.4 Å². The molecule has 4 aromatic carbocycles. The Morgan fingerprint density at radius 3 is 2.25 bits per heavy atom. The van der Waals surface area contributed by atoms with Crippen LogP contribution in [-0.2, 0) is 32.6 Å². The molecule has 44 heavy (non-hydrogen) atoms. The molecule has 0 spiro atoms. The highest BCUT2D eigenvalue weighted by Crippen LogP contribution is 2.28. The number of benzene rings is 4. The number of methoxy groups -OCH3 is 1. The fraction of sp³-hybridized carbons (Fsp3) is 0.235. The number of amides is 2. The number of hydrogen-bond acceptors (Lipinski definition) is 5. The number of hydrogen-bond donors (Lipinski definition) is 1. The van der Waals surface area contributed by atoms with Gasteiger partial charge in [0.05, 0.1) is 17.7 Å². The van der Waals surface area contributed by atoms with E-state index in [9.17, 15) is 22.4 Å². The van der Waals surface area contributed by atoms with Crippen molar-refractivity contribution in [2.24, 2.45) is 0 Å². The van der Waals surface area contributed by atoms with E-state index in [1.54, 1.807) is 43.3 Å². The molecule has 4 rings (SSSR count). The van der Waals surface area contributed by atoms with Crippen molar-refractivity contribution in [3.63, 3.8) is 0 Å². The SMILES string of the molecule is CCNC(=O)[C@@H](Cc1ccccc1)N(Cc1ccccc1F)C(=O)CN(c1cccc(OC)c1)S(=O)(=O)c1ccc(C)cc1. The van der Waals surface area contributed by atoms with Crippen LogP contribution in [-0.4, -0.2) is 51.4 Å². The molecule has 10 heteroatoms. The number of nitrogens with zero attached hydrogens (tertiary/aromatic N) is 2. The first-order chi connectivity index (χ1) is 21.1. The van der Waals surface area contributed by atoms with Crippen LogP contribution in [0.25, 0.3) is 0 Å². The summed E-state index contributed by atoms with van der Waals surface area (Å²) < 4.78 is 49.5. The van der Waals surface area contributed by atoms with E-state index < -0.39 is 40.2 Å². The van der Waals surface area contributed by atoms with E-state index in [-0.39, 0.29) is 29.1 Å². The van der Waals surface area contributed by atoms with E-state index >= 15 is 0 Å². The van der Waals surface area contributed by atoms with Gasteiger partial charge in [-0.1, -0.05) is 72.3 Å². The fourth-order valence-electron chi connectivity index (χ4n) is 4.79. The number of likely N-dealkylation sites (N-methyl/N-ethyl adjacent to an activating group) is 1. The molecular formula is C34H36FN3O5S.